The molecule has 0 spiro atoms. The number of hydrogen-bond donors (Lipinski definition) is 1. The third-order valence-corrected chi connectivity index (χ3v) is 6.75. The Balaban J connectivity index is 0.000000550. The Morgan fingerprint density at radius 3 is 2.47 bits per heavy atom. The maximum absolute atomic E-state index is 6.11. The van der Waals surface area contributed by atoms with Gasteiger partial charge in [-0.2, -0.15) is 0 Å². The number of nitrogens with zero attached hydrogens (tertiary/aromatic N) is 2. The van der Waals surface area contributed by atoms with Gasteiger partial charge in [-0.1, -0.05) is 89.5 Å². The van der Waals surface area contributed by atoms with Crippen LogP contribution in [0.4, 0.5) is 5.69 Å². The van der Waals surface area contributed by atoms with E-state index in [0.717, 1.165) is 52.2 Å². The van der Waals surface area contributed by atoms with Crippen LogP contribution in [-0.2, 0) is 0 Å². The van der Waals surface area contributed by atoms with Crippen molar-refractivity contribution < 1.29 is 4.42 Å². The van der Waals surface area contributed by atoms with Gasteiger partial charge in [0.25, 0.3) is 0 Å². The Morgan fingerprint density at radius 1 is 1.21 bits per heavy atom. The second kappa shape index (κ2) is 16.4. The normalized spacial score (nSPS) is 16.2. The van der Waals surface area contributed by atoms with E-state index in [0.29, 0.717) is 0 Å². The minimum Gasteiger partial charge on any atom is -0.440 e. The SMILES string of the molecule is C=C/C=C\C(=C/C)C(C)=NC1=C(C)C=CC(c2ncc(-c3ccc(NC)cc3)o2)C1.CCCC(C)CCC. The van der Waals surface area contributed by atoms with Gasteiger partial charge in [-0.15, -0.1) is 0 Å². The molecule has 204 valence electrons. The second-order valence-electron chi connectivity index (χ2n) is 9.91. The van der Waals surface area contributed by atoms with Gasteiger partial charge in [0.15, 0.2) is 5.76 Å². The molecule has 1 heterocycles. The van der Waals surface area contributed by atoms with Crippen LogP contribution in [0.3, 0.4) is 0 Å². The van der Waals surface area contributed by atoms with Gasteiger partial charge in [0.2, 0.25) is 5.89 Å². The third-order valence-electron chi connectivity index (χ3n) is 6.75. The average molecular weight is 514 g/mol. The van der Waals surface area contributed by atoms with Crippen molar-refractivity contribution >= 4 is 11.4 Å². The summed E-state index contributed by atoms with van der Waals surface area (Å²) in [5.74, 6) is 2.53. The second-order valence-corrected chi connectivity index (χ2v) is 9.91. The molecule has 0 radical (unpaired) electrons. The minimum atomic E-state index is 0.0726. The molecule has 1 unspecified atom stereocenters. The van der Waals surface area contributed by atoms with E-state index >= 15 is 0 Å². The third kappa shape index (κ3) is 9.48. The Morgan fingerprint density at radius 2 is 1.89 bits per heavy atom. The summed E-state index contributed by atoms with van der Waals surface area (Å²) in [6.45, 7) is 16.7. The van der Waals surface area contributed by atoms with E-state index in [9.17, 15) is 0 Å². The summed E-state index contributed by atoms with van der Waals surface area (Å²) in [5, 5.41) is 3.12. The predicted octanol–water partition coefficient (Wildman–Crippen LogP) is 10.1. The highest BCUT2D eigenvalue weighted by Crippen LogP contribution is 2.34. The fourth-order valence-electron chi connectivity index (χ4n) is 4.49. The molecule has 2 aromatic rings. The molecule has 1 aromatic heterocycles. The minimum absolute atomic E-state index is 0.0726. The van der Waals surface area contributed by atoms with Crippen LogP contribution in [0.1, 0.15) is 85.5 Å². The van der Waals surface area contributed by atoms with Crippen molar-refractivity contribution in [2.75, 3.05) is 12.4 Å². The summed E-state index contributed by atoms with van der Waals surface area (Å²) in [4.78, 5) is 9.47. The molecule has 38 heavy (non-hydrogen) atoms. The van der Waals surface area contributed by atoms with Crippen LogP contribution in [0.2, 0.25) is 0 Å². The van der Waals surface area contributed by atoms with Crippen molar-refractivity contribution in [1.82, 2.24) is 4.98 Å². The topological polar surface area (TPSA) is 50.4 Å². The standard InChI is InChI=1S/C26H29N3O.C8H18/c1-6-8-9-20(7-2)19(4)29-24-16-22(11-10-18(24)3)26-28-17-25(30-26)21-12-14-23(27-5)15-13-21;1-4-6-8(3)7-5-2/h6-15,17,22,27H,1,16H2,2-5H3;8H,4-7H2,1-3H3/b9-8-,20-7+,29-19?;. The van der Waals surface area contributed by atoms with Gasteiger partial charge in [0.1, 0.15) is 0 Å². The van der Waals surface area contributed by atoms with Crippen LogP contribution in [-0.4, -0.2) is 17.7 Å². The summed E-state index contributed by atoms with van der Waals surface area (Å²) in [7, 11) is 1.91. The van der Waals surface area contributed by atoms with E-state index < -0.39 is 0 Å². The van der Waals surface area contributed by atoms with Gasteiger partial charge >= 0.3 is 0 Å². The molecule has 0 fully saturated rings. The number of benzene rings is 1. The Labute approximate surface area is 231 Å². The molecule has 4 heteroatoms. The zero-order valence-corrected chi connectivity index (χ0v) is 24.6. The van der Waals surface area contributed by atoms with Crippen molar-refractivity contribution in [1.29, 1.82) is 0 Å². The van der Waals surface area contributed by atoms with Crippen LogP contribution in [0, 0.1) is 5.92 Å². The molecule has 1 aromatic carbocycles. The maximum Gasteiger partial charge on any atom is 0.202 e. The molecular formula is C34H47N3O. The van der Waals surface area contributed by atoms with Gasteiger partial charge in [-0.25, -0.2) is 4.98 Å². The lowest BCUT2D eigenvalue weighted by Gasteiger charge is -2.17. The Hall–Kier alpha value is -3.40. The van der Waals surface area contributed by atoms with Crippen molar-refractivity contribution in [3.63, 3.8) is 0 Å². The van der Waals surface area contributed by atoms with Crippen LogP contribution >= 0.6 is 0 Å². The Kier molecular flexibility index (Phi) is 13.3. The fourth-order valence-corrected chi connectivity index (χ4v) is 4.49. The smallest absolute Gasteiger partial charge is 0.202 e. The van der Waals surface area contributed by atoms with Crippen molar-refractivity contribution in [2.24, 2.45) is 10.9 Å². The first-order valence-corrected chi connectivity index (χ1v) is 14.0. The lowest BCUT2D eigenvalue weighted by molar-refractivity contribution is 0.480. The zero-order valence-electron chi connectivity index (χ0n) is 24.6. The first kappa shape index (κ1) is 30.8. The van der Waals surface area contributed by atoms with E-state index in [1.165, 1.54) is 31.3 Å². The number of aromatic nitrogens is 1. The van der Waals surface area contributed by atoms with E-state index in [1.54, 1.807) is 12.3 Å². The maximum atomic E-state index is 6.11. The molecule has 0 amide bonds. The van der Waals surface area contributed by atoms with Gasteiger partial charge in [0, 0.05) is 36.1 Å². The first-order valence-electron chi connectivity index (χ1n) is 14.0. The fraction of sp³-hybridized carbons (Fsp3) is 0.412. The van der Waals surface area contributed by atoms with Gasteiger partial charge in [0.05, 0.1) is 12.1 Å². The van der Waals surface area contributed by atoms with Crippen LogP contribution in [0.5, 0.6) is 0 Å². The molecule has 0 saturated carbocycles. The number of rotatable bonds is 11. The van der Waals surface area contributed by atoms with E-state index in [-0.39, 0.29) is 5.92 Å². The summed E-state index contributed by atoms with van der Waals surface area (Å²) in [6.07, 6.45) is 20.1. The molecule has 1 N–H and O–H groups in total. The lowest BCUT2D eigenvalue weighted by Crippen LogP contribution is -2.05. The van der Waals surface area contributed by atoms with Crippen molar-refractivity contribution in [3.05, 3.63) is 96.2 Å². The van der Waals surface area contributed by atoms with Gasteiger partial charge < -0.3 is 9.73 Å². The van der Waals surface area contributed by atoms with Crippen molar-refractivity contribution in [2.45, 2.75) is 79.6 Å². The highest BCUT2D eigenvalue weighted by Gasteiger charge is 2.21. The largest absolute Gasteiger partial charge is 0.440 e. The highest BCUT2D eigenvalue weighted by atomic mass is 16.4. The quantitative estimate of drug-likeness (QED) is 0.240. The summed E-state index contributed by atoms with van der Waals surface area (Å²) in [5.41, 5.74) is 6.38. The first-order chi connectivity index (χ1) is 18.4. The number of oxazole rings is 1. The molecule has 0 saturated heterocycles. The van der Waals surface area contributed by atoms with Gasteiger partial charge in [-0.05, 0) is 62.1 Å². The molecule has 1 aliphatic rings. The van der Waals surface area contributed by atoms with Gasteiger partial charge in [-0.3, -0.25) is 4.99 Å². The van der Waals surface area contributed by atoms with Crippen LogP contribution in [0.15, 0.2) is 99.8 Å². The molecule has 3 rings (SSSR count). The molecule has 1 atom stereocenters. The number of hydrogen-bond acceptors (Lipinski definition) is 4. The van der Waals surface area contributed by atoms with Crippen LogP contribution < -0.4 is 5.32 Å². The summed E-state index contributed by atoms with van der Waals surface area (Å²) >= 11 is 0. The molecule has 0 aliphatic heterocycles. The zero-order chi connectivity index (χ0) is 27.9. The van der Waals surface area contributed by atoms with E-state index in [4.69, 9.17) is 9.41 Å². The van der Waals surface area contributed by atoms with Crippen LogP contribution in [0.25, 0.3) is 11.3 Å². The Bertz CT molecular complexity index is 1150. The number of anilines is 1. The number of nitrogens with one attached hydrogen (secondary N) is 1. The molecule has 0 bridgehead atoms. The van der Waals surface area contributed by atoms with E-state index in [2.05, 4.69) is 62.8 Å². The van der Waals surface area contributed by atoms with Crippen molar-refractivity contribution in [3.8, 4) is 11.3 Å². The summed E-state index contributed by atoms with van der Waals surface area (Å²) in [6, 6.07) is 8.12. The average Bonchev–Trinajstić information content (AvgIpc) is 3.41. The summed E-state index contributed by atoms with van der Waals surface area (Å²) < 4.78 is 6.11. The molecule has 4 nitrogen and oxygen atoms in total. The monoisotopic (exact) mass is 513 g/mol. The molecule has 1 aliphatic carbocycles. The molecular weight excluding hydrogens is 466 g/mol. The number of allylic oxidation sites excluding steroid dienone is 9. The highest BCUT2D eigenvalue weighted by molar-refractivity contribution is 6.01. The lowest BCUT2D eigenvalue weighted by atomic mass is 9.94. The van der Waals surface area contributed by atoms with E-state index in [1.807, 2.05) is 57.3 Å². The predicted molar refractivity (Wildman–Crippen MR) is 166 cm³/mol. The number of aliphatic imine (C=N–C) groups is 1.